The molecule has 150 valence electrons. The van der Waals surface area contributed by atoms with E-state index in [9.17, 15) is 4.79 Å². The standard InChI is InChI=1S/C23H20N4O3/c1-17(23-25-22(26-30-23)20-10-6-3-7-11-20)29-21(28)13-12-19-14-24-27(16-19)15-18-8-4-2-5-9-18/h2-14,16-17H,15H2,1H3/b13-12+/t17-/m0/s1. The first-order chi connectivity index (χ1) is 14.7. The summed E-state index contributed by atoms with van der Waals surface area (Å²) >= 11 is 0. The summed E-state index contributed by atoms with van der Waals surface area (Å²) in [5.41, 5.74) is 2.79. The van der Waals surface area contributed by atoms with Crippen molar-refractivity contribution in [2.45, 2.75) is 19.6 Å². The number of hydrogen-bond acceptors (Lipinski definition) is 6. The number of ether oxygens (including phenoxy) is 1. The average Bonchev–Trinajstić information content (AvgIpc) is 3.44. The van der Waals surface area contributed by atoms with E-state index in [0.29, 0.717) is 12.4 Å². The van der Waals surface area contributed by atoms with E-state index in [0.717, 1.165) is 16.7 Å². The van der Waals surface area contributed by atoms with E-state index in [-0.39, 0.29) is 5.89 Å². The lowest BCUT2D eigenvalue weighted by molar-refractivity contribution is -0.143. The Kier molecular flexibility index (Phi) is 5.80. The Morgan fingerprint density at radius 2 is 1.87 bits per heavy atom. The molecule has 2 aromatic carbocycles. The van der Waals surface area contributed by atoms with Gasteiger partial charge in [0.05, 0.1) is 12.7 Å². The van der Waals surface area contributed by atoms with Gasteiger partial charge in [-0.25, -0.2) is 4.79 Å². The summed E-state index contributed by atoms with van der Waals surface area (Å²) in [6.45, 7) is 2.35. The van der Waals surface area contributed by atoms with Crippen molar-refractivity contribution in [2.75, 3.05) is 0 Å². The molecule has 0 spiro atoms. The zero-order valence-corrected chi connectivity index (χ0v) is 16.4. The Morgan fingerprint density at radius 3 is 2.63 bits per heavy atom. The van der Waals surface area contributed by atoms with Crippen molar-refractivity contribution in [3.8, 4) is 11.4 Å². The van der Waals surface area contributed by atoms with Crippen LogP contribution in [0.2, 0.25) is 0 Å². The van der Waals surface area contributed by atoms with Crippen LogP contribution >= 0.6 is 0 Å². The number of hydrogen-bond donors (Lipinski definition) is 0. The summed E-state index contributed by atoms with van der Waals surface area (Å²) < 4.78 is 12.4. The highest BCUT2D eigenvalue weighted by Crippen LogP contribution is 2.20. The van der Waals surface area contributed by atoms with Crippen molar-refractivity contribution in [1.29, 1.82) is 0 Å². The van der Waals surface area contributed by atoms with E-state index in [1.54, 1.807) is 19.2 Å². The van der Waals surface area contributed by atoms with Gasteiger partial charge < -0.3 is 9.26 Å². The van der Waals surface area contributed by atoms with Crippen LogP contribution in [0.3, 0.4) is 0 Å². The molecule has 0 fully saturated rings. The van der Waals surface area contributed by atoms with Gasteiger partial charge in [-0.1, -0.05) is 65.8 Å². The molecule has 0 radical (unpaired) electrons. The Labute approximate surface area is 173 Å². The summed E-state index contributed by atoms with van der Waals surface area (Å²) in [5.74, 6) is 0.193. The van der Waals surface area contributed by atoms with Crippen LogP contribution in [0.5, 0.6) is 0 Å². The van der Waals surface area contributed by atoms with E-state index in [1.807, 2.05) is 71.5 Å². The molecule has 0 aliphatic rings. The number of rotatable bonds is 7. The minimum Gasteiger partial charge on any atom is -0.449 e. The predicted molar refractivity (Wildman–Crippen MR) is 111 cm³/mol. The molecule has 0 N–H and O–H groups in total. The molecule has 0 saturated carbocycles. The Bertz CT molecular complexity index is 1130. The quantitative estimate of drug-likeness (QED) is 0.340. The van der Waals surface area contributed by atoms with Crippen LogP contribution in [0.1, 0.15) is 30.0 Å². The van der Waals surface area contributed by atoms with Gasteiger partial charge in [0, 0.05) is 23.4 Å². The third kappa shape index (κ3) is 4.88. The van der Waals surface area contributed by atoms with Gasteiger partial charge in [-0.3, -0.25) is 4.68 Å². The lowest BCUT2D eigenvalue weighted by Crippen LogP contribution is -2.06. The zero-order valence-electron chi connectivity index (χ0n) is 16.4. The van der Waals surface area contributed by atoms with Crippen LogP contribution in [0.4, 0.5) is 0 Å². The van der Waals surface area contributed by atoms with Gasteiger partial charge in [-0.2, -0.15) is 10.1 Å². The molecule has 0 aliphatic heterocycles. The second kappa shape index (κ2) is 9.00. The summed E-state index contributed by atoms with van der Waals surface area (Å²) in [6.07, 6.45) is 5.92. The molecule has 0 unspecified atom stereocenters. The second-order valence-corrected chi connectivity index (χ2v) is 6.69. The smallest absolute Gasteiger partial charge is 0.331 e. The summed E-state index contributed by atoms with van der Waals surface area (Å²) in [5, 5.41) is 8.25. The molecule has 0 amide bonds. The summed E-state index contributed by atoms with van der Waals surface area (Å²) in [6, 6.07) is 19.5. The number of carbonyl (C=O) groups is 1. The molecular weight excluding hydrogens is 380 g/mol. The topological polar surface area (TPSA) is 83.0 Å². The lowest BCUT2D eigenvalue weighted by Gasteiger charge is -2.06. The first kappa shape index (κ1) is 19.3. The van der Waals surface area contributed by atoms with Crippen molar-refractivity contribution in [2.24, 2.45) is 0 Å². The molecule has 7 heteroatoms. The van der Waals surface area contributed by atoms with Gasteiger partial charge in [-0.05, 0) is 18.6 Å². The van der Waals surface area contributed by atoms with Crippen molar-refractivity contribution in [3.05, 3.63) is 96.2 Å². The van der Waals surface area contributed by atoms with Gasteiger partial charge in [0.1, 0.15) is 0 Å². The van der Waals surface area contributed by atoms with Gasteiger partial charge in [-0.15, -0.1) is 0 Å². The molecule has 0 saturated heterocycles. The molecule has 4 aromatic rings. The minimum absolute atomic E-state index is 0.242. The SMILES string of the molecule is C[C@H](OC(=O)/C=C/c1cnn(Cc2ccccc2)c1)c1nc(-c2ccccc2)no1. The molecule has 2 aromatic heterocycles. The van der Waals surface area contributed by atoms with Crippen LogP contribution in [0.25, 0.3) is 17.5 Å². The van der Waals surface area contributed by atoms with E-state index in [1.165, 1.54) is 6.08 Å². The Balaban J connectivity index is 1.33. The highest BCUT2D eigenvalue weighted by atomic mass is 16.6. The molecule has 0 aliphatic carbocycles. The highest BCUT2D eigenvalue weighted by Gasteiger charge is 2.18. The number of benzene rings is 2. The third-order valence-electron chi connectivity index (χ3n) is 4.37. The van der Waals surface area contributed by atoms with Gasteiger partial charge in [0.25, 0.3) is 5.89 Å². The van der Waals surface area contributed by atoms with Crippen LogP contribution in [-0.2, 0) is 16.1 Å². The monoisotopic (exact) mass is 400 g/mol. The minimum atomic E-state index is -0.659. The van der Waals surface area contributed by atoms with Crippen molar-refractivity contribution >= 4 is 12.0 Å². The molecule has 7 nitrogen and oxygen atoms in total. The van der Waals surface area contributed by atoms with Gasteiger partial charge in [0.2, 0.25) is 5.82 Å². The third-order valence-corrected chi connectivity index (χ3v) is 4.37. The molecule has 4 rings (SSSR count). The maximum absolute atomic E-state index is 12.1. The van der Waals surface area contributed by atoms with Crippen molar-refractivity contribution < 1.29 is 14.1 Å². The van der Waals surface area contributed by atoms with Crippen LogP contribution < -0.4 is 0 Å². The van der Waals surface area contributed by atoms with Crippen LogP contribution in [0, 0.1) is 0 Å². The molecule has 2 heterocycles. The van der Waals surface area contributed by atoms with E-state index >= 15 is 0 Å². The van der Waals surface area contributed by atoms with Crippen molar-refractivity contribution in [1.82, 2.24) is 19.9 Å². The van der Waals surface area contributed by atoms with Gasteiger partial charge in [0.15, 0.2) is 6.10 Å². The second-order valence-electron chi connectivity index (χ2n) is 6.69. The average molecular weight is 400 g/mol. The largest absolute Gasteiger partial charge is 0.449 e. The Morgan fingerprint density at radius 1 is 1.13 bits per heavy atom. The fourth-order valence-corrected chi connectivity index (χ4v) is 2.86. The number of aromatic nitrogens is 4. The van der Waals surface area contributed by atoms with Gasteiger partial charge >= 0.3 is 5.97 Å². The number of nitrogens with zero attached hydrogens (tertiary/aromatic N) is 4. The van der Waals surface area contributed by atoms with E-state index < -0.39 is 12.1 Å². The van der Waals surface area contributed by atoms with Crippen LogP contribution in [0.15, 0.2) is 83.7 Å². The van der Waals surface area contributed by atoms with E-state index in [4.69, 9.17) is 9.26 Å². The molecular formula is C23H20N4O3. The fraction of sp³-hybridized carbons (Fsp3) is 0.130. The first-order valence-corrected chi connectivity index (χ1v) is 9.51. The first-order valence-electron chi connectivity index (χ1n) is 9.51. The fourth-order valence-electron chi connectivity index (χ4n) is 2.86. The molecule has 1 atom stereocenters. The number of carbonyl (C=O) groups excluding carboxylic acids is 1. The number of esters is 1. The summed E-state index contributed by atoms with van der Waals surface area (Å²) in [4.78, 5) is 16.5. The summed E-state index contributed by atoms with van der Waals surface area (Å²) in [7, 11) is 0. The maximum atomic E-state index is 12.1. The normalized spacial score (nSPS) is 12.2. The van der Waals surface area contributed by atoms with Crippen molar-refractivity contribution in [3.63, 3.8) is 0 Å². The van der Waals surface area contributed by atoms with Crippen LogP contribution in [-0.4, -0.2) is 25.9 Å². The Hall–Kier alpha value is -4.00. The lowest BCUT2D eigenvalue weighted by atomic mass is 10.2. The maximum Gasteiger partial charge on any atom is 0.331 e. The predicted octanol–water partition coefficient (Wildman–Crippen LogP) is 4.30. The molecule has 30 heavy (non-hydrogen) atoms. The van der Waals surface area contributed by atoms with E-state index in [2.05, 4.69) is 15.2 Å². The molecule has 0 bridgehead atoms. The highest BCUT2D eigenvalue weighted by molar-refractivity contribution is 5.87. The zero-order chi connectivity index (χ0) is 20.8.